The number of nitrogens with two attached hydrogens (primary N) is 3. The van der Waals surface area contributed by atoms with Crippen LogP contribution in [0.5, 0.6) is 0 Å². The predicted octanol–water partition coefficient (Wildman–Crippen LogP) is -2.51. The fourth-order valence-electron chi connectivity index (χ4n) is 3.54. The van der Waals surface area contributed by atoms with Crippen molar-refractivity contribution in [2.24, 2.45) is 11.5 Å². The maximum absolute atomic E-state index is 12.5. The quantitative estimate of drug-likeness (QED) is 0.120. The van der Waals surface area contributed by atoms with Gasteiger partial charge in [0.1, 0.15) is 0 Å². The highest BCUT2D eigenvalue weighted by molar-refractivity contribution is 5.98. The van der Waals surface area contributed by atoms with Crippen molar-refractivity contribution in [1.82, 2.24) is 15.3 Å². The lowest BCUT2D eigenvalue weighted by Gasteiger charge is -2.34. The van der Waals surface area contributed by atoms with Crippen molar-refractivity contribution in [3.8, 4) is 0 Å². The van der Waals surface area contributed by atoms with E-state index in [0.717, 1.165) is 0 Å². The van der Waals surface area contributed by atoms with Gasteiger partial charge in [0.25, 0.3) is 11.5 Å². The highest BCUT2D eigenvalue weighted by Crippen LogP contribution is 2.25. The second kappa shape index (κ2) is 10.3. The summed E-state index contributed by atoms with van der Waals surface area (Å²) in [6.07, 6.45) is -0.261. The predicted molar refractivity (Wildman–Crippen MR) is 127 cm³/mol. The number of nitrogens with one attached hydrogen (secondary N) is 4. The van der Waals surface area contributed by atoms with Crippen LogP contribution in [0.15, 0.2) is 29.1 Å². The molecule has 2 aromatic rings. The maximum Gasteiger partial charge on any atom is 0.346 e. The Bertz CT molecular complexity index is 1230. The van der Waals surface area contributed by atoms with E-state index in [1.54, 1.807) is 0 Å². The lowest BCUT2D eigenvalue weighted by atomic mass is 9.98. The molecule has 0 radical (unpaired) electrons. The molecule has 2 heterocycles. The van der Waals surface area contributed by atoms with Crippen LogP contribution in [0.2, 0.25) is 0 Å². The van der Waals surface area contributed by atoms with E-state index in [2.05, 4.69) is 25.9 Å². The number of rotatable bonds is 10. The molecule has 3 rings (SSSR count). The number of carbonyl (C=O) groups excluding carboxylic acids is 2. The van der Waals surface area contributed by atoms with Gasteiger partial charge in [-0.05, 0) is 24.3 Å². The van der Waals surface area contributed by atoms with Crippen molar-refractivity contribution < 1.29 is 29.4 Å². The number of nitrogens with zero attached hydrogens (tertiary/aromatic N) is 2. The van der Waals surface area contributed by atoms with Gasteiger partial charge >= 0.3 is 11.9 Å². The van der Waals surface area contributed by atoms with Gasteiger partial charge in [-0.2, -0.15) is 4.98 Å². The fraction of sp³-hybridized carbons (Fsp3) is 0.300. The zero-order valence-electron chi connectivity index (χ0n) is 18.7. The van der Waals surface area contributed by atoms with Gasteiger partial charge in [-0.15, -0.1) is 0 Å². The molecule has 16 nitrogen and oxygen atoms in total. The molecule has 0 spiro atoms. The lowest BCUT2D eigenvalue weighted by molar-refractivity contribution is -0.146. The van der Waals surface area contributed by atoms with E-state index >= 15 is 0 Å². The van der Waals surface area contributed by atoms with E-state index in [9.17, 15) is 29.1 Å². The summed E-state index contributed by atoms with van der Waals surface area (Å²) in [7, 11) is 0. The summed E-state index contributed by atoms with van der Waals surface area (Å²) in [5, 5.41) is 26.4. The number of nitrogen functional groups attached to an aromatic ring is 1. The summed E-state index contributed by atoms with van der Waals surface area (Å²) in [6.45, 7) is 0.495. The topological polar surface area (TPSA) is 272 Å². The van der Waals surface area contributed by atoms with Crippen LogP contribution >= 0.6 is 0 Å². The molecule has 0 saturated carbocycles. The molecule has 0 fully saturated rings. The highest BCUT2D eigenvalue weighted by atomic mass is 16.4. The molecule has 1 aromatic heterocycles. The van der Waals surface area contributed by atoms with Crippen LogP contribution < -0.4 is 43.6 Å². The molecular formula is C20H25N9O7. The van der Waals surface area contributed by atoms with Crippen LogP contribution in [0, 0.1) is 0 Å². The van der Waals surface area contributed by atoms with Crippen molar-refractivity contribution in [1.29, 1.82) is 0 Å². The molecular weight excluding hydrogens is 478 g/mol. The first kappa shape index (κ1) is 25.9. The number of anilines is 4. The van der Waals surface area contributed by atoms with Crippen molar-refractivity contribution in [2.75, 3.05) is 34.4 Å². The van der Waals surface area contributed by atoms with Gasteiger partial charge in [0, 0.05) is 24.3 Å². The van der Waals surface area contributed by atoms with E-state index in [1.165, 1.54) is 29.2 Å². The first-order chi connectivity index (χ1) is 17.0. The molecule has 1 aromatic carbocycles. The number of aliphatic carboxylic acids is 2. The lowest BCUT2D eigenvalue weighted by Crippen LogP contribution is -2.71. The Morgan fingerprint density at radius 2 is 1.94 bits per heavy atom. The van der Waals surface area contributed by atoms with Gasteiger partial charge in [-0.3, -0.25) is 29.9 Å². The van der Waals surface area contributed by atoms with Crippen molar-refractivity contribution >= 4 is 47.4 Å². The highest BCUT2D eigenvalue weighted by Gasteiger charge is 2.43. The minimum absolute atomic E-state index is 0.0362. The average Bonchev–Trinajstić information content (AvgIpc) is 2.81. The first-order valence-electron chi connectivity index (χ1n) is 10.5. The standard InChI is InChI=1S/C20H25N9O7/c21-12(5-13(31)32)20(23,18(35)36)28-16(33)9-1-3-10(4-2-9)24-6-11-7-25-15-14(29(11)8-30)17(34)27-19(22)26-15/h1-4,8,11-12,24H,5-7,21,23H2,(H,28,33)(H,31,32)(H,35,36)(H4,22,25,26,27,34). The number of H-pyrrole nitrogens is 1. The molecule has 0 saturated heterocycles. The maximum atomic E-state index is 12.5. The van der Waals surface area contributed by atoms with Crippen molar-refractivity contribution in [3.63, 3.8) is 0 Å². The molecule has 0 aliphatic carbocycles. The third-order valence-corrected chi connectivity index (χ3v) is 5.53. The second-order valence-corrected chi connectivity index (χ2v) is 7.99. The SMILES string of the molecule is Nc1nc2c(c(=O)[nH]1)N(C=O)C(CNc1ccc(C(=O)NC(N)(C(=O)O)C(N)CC(=O)O)cc1)CN2. The van der Waals surface area contributed by atoms with Gasteiger partial charge in [0.15, 0.2) is 11.5 Å². The number of amides is 2. The smallest absolute Gasteiger partial charge is 0.346 e. The zero-order valence-corrected chi connectivity index (χ0v) is 18.7. The summed E-state index contributed by atoms with van der Waals surface area (Å²) in [6, 6.07) is 3.75. The number of fused-ring (bicyclic) bond motifs is 1. The Kier molecular flexibility index (Phi) is 7.40. The molecule has 192 valence electrons. The normalized spacial score (nSPS) is 17.1. The summed E-state index contributed by atoms with van der Waals surface area (Å²) in [5.74, 6) is -3.84. The number of carboxylic acids is 2. The van der Waals surface area contributed by atoms with Crippen LogP contribution in [-0.2, 0) is 14.4 Å². The summed E-state index contributed by atoms with van der Waals surface area (Å²) >= 11 is 0. The monoisotopic (exact) mass is 503 g/mol. The molecule has 36 heavy (non-hydrogen) atoms. The van der Waals surface area contributed by atoms with Gasteiger partial charge in [0.2, 0.25) is 18.0 Å². The molecule has 2 amide bonds. The molecule has 3 atom stereocenters. The molecule has 3 unspecified atom stereocenters. The molecule has 16 heteroatoms. The number of hydrogen-bond acceptors (Lipinski definition) is 11. The van der Waals surface area contributed by atoms with E-state index in [4.69, 9.17) is 22.3 Å². The molecule has 0 bridgehead atoms. The minimum atomic E-state index is -2.51. The van der Waals surface area contributed by atoms with E-state index in [0.29, 0.717) is 12.1 Å². The Labute approximate surface area is 202 Å². The number of aromatic amines is 1. The van der Waals surface area contributed by atoms with Crippen LogP contribution in [0.25, 0.3) is 0 Å². The molecule has 1 aliphatic heterocycles. The summed E-state index contributed by atoms with van der Waals surface area (Å²) in [5.41, 5.74) is 14.4. The van der Waals surface area contributed by atoms with Gasteiger partial charge in [-0.25, -0.2) is 4.79 Å². The number of carbonyl (C=O) groups is 4. The molecule has 12 N–H and O–H groups in total. The van der Waals surface area contributed by atoms with Crippen LogP contribution in [-0.4, -0.2) is 75.3 Å². The van der Waals surface area contributed by atoms with Gasteiger partial charge in [-0.1, -0.05) is 0 Å². The number of aromatic nitrogens is 2. The van der Waals surface area contributed by atoms with Crippen LogP contribution in [0.4, 0.5) is 23.1 Å². The summed E-state index contributed by atoms with van der Waals surface area (Å²) < 4.78 is 0. The third kappa shape index (κ3) is 5.34. The Balaban J connectivity index is 1.67. The number of hydrogen-bond donors (Lipinski definition) is 9. The Morgan fingerprint density at radius 1 is 1.28 bits per heavy atom. The largest absolute Gasteiger partial charge is 0.481 e. The number of carboxylic acid groups (broad SMARTS) is 2. The van der Waals surface area contributed by atoms with E-state index in [-0.39, 0.29) is 36.1 Å². The Hall–Kier alpha value is -4.70. The van der Waals surface area contributed by atoms with Gasteiger partial charge < -0.3 is 42.5 Å². The van der Waals surface area contributed by atoms with E-state index in [1.807, 2.05) is 0 Å². The third-order valence-electron chi connectivity index (χ3n) is 5.53. The van der Waals surface area contributed by atoms with E-state index < -0.39 is 47.6 Å². The van der Waals surface area contributed by atoms with Crippen molar-refractivity contribution in [3.05, 3.63) is 40.2 Å². The van der Waals surface area contributed by atoms with Gasteiger partial charge in [0.05, 0.1) is 18.5 Å². The van der Waals surface area contributed by atoms with Crippen molar-refractivity contribution in [2.45, 2.75) is 24.2 Å². The Morgan fingerprint density at radius 3 is 2.53 bits per heavy atom. The fourth-order valence-corrected chi connectivity index (χ4v) is 3.54. The molecule has 1 aliphatic rings. The minimum Gasteiger partial charge on any atom is -0.481 e. The zero-order chi connectivity index (χ0) is 26.6. The average molecular weight is 503 g/mol. The van der Waals surface area contributed by atoms with Crippen LogP contribution in [0.1, 0.15) is 16.8 Å². The number of benzene rings is 1. The first-order valence-corrected chi connectivity index (χ1v) is 10.5. The second-order valence-electron chi connectivity index (χ2n) is 7.99. The summed E-state index contributed by atoms with van der Waals surface area (Å²) in [4.78, 5) is 66.5. The van der Waals surface area contributed by atoms with Crippen LogP contribution in [0.3, 0.4) is 0 Å².